The van der Waals surface area contributed by atoms with Gasteiger partial charge in [0.15, 0.2) is 0 Å². The Hall–Kier alpha value is -1.86. The second-order valence-corrected chi connectivity index (χ2v) is 5.48. The number of aromatic nitrogens is 1. The Labute approximate surface area is 131 Å². The fourth-order valence-electron chi connectivity index (χ4n) is 2.37. The highest BCUT2D eigenvalue weighted by atomic mass is 16.5. The number of pyridine rings is 1. The van der Waals surface area contributed by atoms with Gasteiger partial charge in [-0.15, -0.1) is 0 Å². The third-order valence-corrected chi connectivity index (χ3v) is 3.57. The molecule has 0 aliphatic carbocycles. The first-order chi connectivity index (χ1) is 10.7. The van der Waals surface area contributed by atoms with Crippen molar-refractivity contribution in [2.24, 2.45) is 5.92 Å². The van der Waals surface area contributed by atoms with E-state index in [-0.39, 0.29) is 6.03 Å². The minimum atomic E-state index is -0.204. The highest BCUT2D eigenvalue weighted by molar-refractivity contribution is 5.88. The van der Waals surface area contributed by atoms with Gasteiger partial charge in [0.1, 0.15) is 6.61 Å². The monoisotopic (exact) mass is 308 g/mol. The summed E-state index contributed by atoms with van der Waals surface area (Å²) in [4.78, 5) is 18.2. The topological polar surface area (TPSA) is 75.7 Å². The predicted octanol–water partition coefficient (Wildman–Crippen LogP) is 1.18. The number of anilines is 1. The summed E-state index contributed by atoms with van der Waals surface area (Å²) in [6.07, 6.45) is 2.71. The molecule has 1 aliphatic heterocycles. The number of rotatable bonds is 7. The lowest BCUT2D eigenvalue weighted by molar-refractivity contribution is 0.144. The Morgan fingerprint density at radius 1 is 1.45 bits per heavy atom. The van der Waals surface area contributed by atoms with Crippen molar-refractivity contribution < 1.29 is 14.3 Å². The van der Waals surface area contributed by atoms with Gasteiger partial charge < -0.3 is 25.0 Å². The van der Waals surface area contributed by atoms with Crippen LogP contribution in [0.2, 0.25) is 0 Å². The van der Waals surface area contributed by atoms with Crippen LogP contribution in [-0.4, -0.2) is 62.9 Å². The molecule has 0 aromatic carbocycles. The zero-order valence-corrected chi connectivity index (χ0v) is 13.2. The van der Waals surface area contributed by atoms with E-state index >= 15 is 0 Å². The molecule has 2 N–H and O–H groups in total. The molecule has 1 fully saturated rings. The normalized spacial score (nSPS) is 18.2. The molecule has 0 bridgehead atoms. The zero-order valence-electron chi connectivity index (χ0n) is 13.2. The fourth-order valence-corrected chi connectivity index (χ4v) is 2.37. The van der Waals surface area contributed by atoms with Crippen molar-refractivity contribution in [1.29, 1.82) is 0 Å². The number of hydrogen-bond donors (Lipinski definition) is 2. The highest BCUT2D eigenvalue weighted by Crippen LogP contribution is 2.13. The van der Waals surface area contributed by atoms with Crippen LogP contribution in [0.3, 0.4) is 0 Å². The van der Waals surface area contributed by atoms with Gasteiger partial charge in [0.2, 0.25) is 5.88 Å². The molecule has 2 rings (SSSR count). The molecule has 2 amide bonds. The van der Waals surface area contributed by atoms with E-state index in [1.54, 1.807) is 25.4 Å². The van der Waals surface area contributed by atoms with E-state index in [0.29, 0.717) is 37.2 Å². The number of urea groups is 1. The summed E-state index contributed by atoms with van der Waals surface area (Å²) in [5.41, 5.74) is 0.639. The number of nitrogens with one attached hydrogen (secondary N) is 2. The minimum absolute atomic E-state index is 0.204. The third-order valence-electron chi connectivity index (χ3n) is 3.57. The second kappa shape index (κ2) is 8.55. The smallest absolute Gasteiger partial charge is 0.319 e. The molecule has 2 heterocycles. The summed E-state index contributed by atoms with van der Waals surface area (Å²) in [7, 11) is 3.72. The van der Waals surface area contributed by atoms with Crippen LogP contribution in [0.1, 0.15) is 6.42 Å². The summed E-state index contributed by atoms with van der Waals surface area (Å²) in [6.45, 7) is 3.80. The number of carbonyl (C=O) groups is 1. The third kappa shape index (κ3) is 5.50. The summed E-state index contributed by atoms with van der Waals surface area (Å²) in [6, 6.07) is 3.28. The van der Waals surface area contributed by atoms with Gasteiger partial charge >= 0.3 is 6.03 Å². The molecule has 1 aromatic rings. The molecule has 0 spiro atoms. The van der Waals surface area contributed by atoms with Crippen LogP contribution in [0, 0.1) is 5.92 Å². The van der Waals surface area contributed by atoms with Gasteiger partial charge in [-0.1, -0.05) is 0 Å². The van der Waals surface area contributed by atoms with Gasteiger partial charge in [0, 0.05) is 26.3 Å². The number of nitrogens with zero attached hydrogens (tertiary/aromatic N) is 2. The minimum Gasteiger partial charge on any atom is -0.475 e. The molecule has 0 radical (unpaired) electrons. The molecule has 122 valence electrons. The maximum absolute atomic E-state index is 11.8. The van der Waals surface area contributed by atoms with Crippen LogP contribution in [0.15, 0.2) is 18.3 Å². The van der Waals surface area contributed by atoms with Crippen LogP contribution < -0.4 is 15.4 Å². The van der Waals surface area contributed by atoms with E-state index < -0.39 is 0 Å². The Morgan fingerprint density at radius 2 is 2.32 bits per heavy atom. The first-order valence-corrected chi connectivity index (χ1v) is 7.48. The Balaban J connectivity index is 1.69. The molecule has 7 heteroatoms. The van der Waals surface area contributed by atoms with Gasteiger partial charge in [0.25, 0.3) is 0 Å². The molecular weight excluding hydrogens is 284 g/mol. The van der Waals surface area contributed by atoms with Crippen molar-refractivity contribution in [3.63, 3.8) is 0 Å². The van der Waals surface area contributed by atoms with Gasteiger partial charge in [0.05, 0.1) is 18.5 Å². The zero-order chi connectivity index (χ0) is 15.8. The van der Waals surface area contributed by atoms with E-state index in [1.807, 2.05) is 0 Å². The van der Waals surface area contributed by atoms with Crippen molar-refractivity contribution in [2.75, 3.05) is 52.3 Å². The van der Waals surface area contributed by atoms with Crippen LogP contribution in [0.5, 0.6) is 5.88 Å². The van der Waals surface area contributed by atoms with Crippen LogP contribution >= 0.6 is 0 Å². The molecule has 1 aliphatic rings. The van der Waals surface area contributed by atoms with Crippen molar-refractivity contribution in [3.8, 4) is 5.88 Å². The number of likely N-dealkylation sites (tertiary alicyclic amines) is 1. The average Bonchev–Trinajstić information content (AvgIpc) is 2.93. The lowest BCUT2D eigenvalue weighted by atomic mass is 10.1. The van der Waals surface area contributed by atoms with Crippen LogP contribution in [0.4, 0.5) is 10.5 Å². The van der Waals surface area contributed by atoms with Crippen LogP contribution in [-0.2, 0) is 4.74 Å². The predicted molar refractivity (Wildman–Crippen MR) is 84.2 cm³/mol. The van der Waals surface area contributed by atoms with Crippen molar-refractivity contribution in [3.05, 3.63) is 18.3 Å². The fraction of sp³-hybridized carbons (Fsp3) is 0.600. The standard InChI is InChI=1S/C15H24N4O3/c1-19-6-5-12(11-19)9-17-15(20)18-13-3-4-14(16-10-13)22-8-7-21-2/h3-4,10,12H,5-9,11H2,1-2H3,(H2,17,18,20)/t12-/m0/s1. The average molecular weight is 308 g/mol. The Kier molecular flexibility index (Phi) is 6.42. The molecular formula is C15H24N4O3. The van der Waals surface area contributed by atoms with Gasteiger partial charge in [-0.2, -0.15) is 0 Å². The summed E-state index contributed by atoms with van der Waals surface area (Å²) in [5, 5.41) is 5.66. The lowest BCUT2D eigenvalue weighted by Crippen LogP contribution is -2.33. The maximum atomic E-state index is 11.8. The van der Waals surface area contributed by atoms with E-state index in [4.69, 9.17) is 9.47 Å². The highest BCUT2D eigenvalue weighted by Gasteiger charge is 2.19. The largest absolute Gasteiger partial charge is 0.475 e. The van der Waals surface area contributed by atoms with E-state index in [9.17, 15) is 4.79 Å². The summed E-state index contributed by atoms with van der Waals surface area (Å²) in [5.74, 6) is 1.04. The number of hydrogen-bond acceptors (Lipinski definition) is 5. The molecule has 0 saturated carbocycles. The van der Waals surface area contributed by atoms with Crippen LogP contribution in [0.25, 0.3) is 0 Å². The molecule has 7 nitrogen and oxygen atoms in total. The Bertz CT molecular complexity index is 466. The number of methoxy groups -OCH3 is 1. The number of amides is 2. The van der Waals surface area contributed by atoms with E-state index in [2.05, 4.69) is 27.6 Å². The van der Waals surface area contributed by atoms with Crippen molar-refractivity contribution in [1.82, 2.24) is 15.2 Å². The molecule has 1 saturated heterocycles. The quantitative estimate of drug-likeness (QED) is 0.740. The van der Waals surface area contributed by atoms with E-state index in [0.717, 1.165) is 19.5 Å². The van der Waals surface area contributed by atoms with Gasteiger partial charge in [-0.25, -0.2) is 9.78 Å². The first kappa shape index (κ1) is 16.5. The first-order valence-electron chi connectivity index (χ1n) is 7.48. The second-order valence-electron chi connectivity index (χ2n) is 5.48. The maximum Gasteiger partial charge on any atom is 0.319 e. The van der Waals surface area contributed by atoms with Gasteiger partial charge in [-0.05, 0) is 32.0 Å². The lowest BCUT2D eigenvalue weighted by Gasteiger charge is -2.12. The molecule has 1 atom stereocenters. The number of ether oxygens (including phenoxy) is 2. The van der Waals surface area contributed by atoms with Crippen molar-refractivity contribution >= 4 is 11.7 Å². The Morgan fingerprint density at radius 3 is 2.95 bits per heavy atom. The summed E-state index contributed by atoms with van der Waals surface area (Å²) < 4.78 is 10.3. The van der Waals surface area contributed by atoms with Gasteiger partial charge in [-0.3, -0.25) is 0 Å². The SMILES string of the molecule is COCCOc1ccc(NC(=O)NC[C@@H]2CCN(C)C2)cn1. The van der Waals surface area contributed by atoms with E-state index in [1.165, 1.54) is 0 Å². The summed E-state index contributed by atoms with van der Waals surface area (Å²) >= 11 is 0. The molecule has 1 aromatic heterocycles. The molecule has 22 heavy (non-hydrogen) atoms. The number of carbonyl (C=O) groups excluding carboxylic acids is 1. The van der Waals surface area contributed by atoms with Crippen molar-refractivity contribution in [2.45, 2.75) is 6.42 Å². The molecule has 0 unspecified atom stereocenters.